The maximum absolute atomic E-state index is 10.8. The molecule has 0 aromatic heterocycles. The van der Waals surface area contributed by atoms with Crippen LogP contribution in [0.15, 0.2) is 18.2 Å². The van der Waals surface area contributed by atoms with E-state index in [9.17, 15) is 4.21 Å². The molecule has 1 aromatic rings. The van der Waals surface area contributed by atoms with E-state index in [1.807, 2.05) is 0 Å². The number of benzene rings is 1. The van der Waals surface area contributed by atoms with Gasteiger partial charge in [-0.25, -0.2) is 0 Å². The van der Waals surface area contributed by atoms with Crippen LogP contribution in [0.1, 0.15) is 11.1 Å². The Morgan fingerprint density at radius 2 is 2.00 bits per heavy atom. The molecule has 0 radical (unpaired) electrons. The highest BCUT2D eigenvalue weighted by molar-refractivity contribution is 7.84. The molecule has 0 heterocycles. The summed E-state index contributed by atoms with van der Waals surface area (Å²) in [6.45, 7) is 4.96. The van der Waals surface area contributed by atoms with Crippen LogP contribution in [-0.4, -0.2) is 22.8 Å². The molecule has 0 bridgehead atoms. The maximum atomic E-state index is 10.8. The summed E-state index contributed by atoms with van der Waals surface area (Å²) in [5.41, 5.74) is 3.70. The predicted molar refractivity (Wildman–Crippen MR) is 63.3 cm³/mol. The van der Waals surface area contributed by atoms with Crippen LogP contribution in [0.5, 0.6) is 0 Å². The molecule has 0 saturated carbocycles. The summed E-state index contributed by atoms with van der Waals surface area (Å²) in [6.07, 6.45) is 1.72. The molecule has 1 unspecified atom stereocenters. The molecule has 3 heteroatoms. The third kappa shape index (κ3) is 3.50. The van der Waals surface area contributed by atoms with Crippen molar-refractivity contribution in [3.05, 3.63) is 29.3 Å². The first-order chi connectivity index (χ1) is 6.59. The third-order valence-corrected chi connectivity index (χ3v) is 3.00. The van der Waals surface area contributed by atoms with Crippen molar-refractivity contribution >= 4 is 16.5 Å². The van der Waals surface area contributed by atoms with E-state index < -0.39 is 10.8 Å². The lowest BCUT2D eigenvalue weighted by Crippen LogP contribution is -2.09. The molecular formula is C11H17NOS. The van der Waals surface area contributed by atoms with E-state index in [0.29, 0.717) is 5.75 Å². The first kappa shape index (κ1) is 11.2. The summed E-state index contributed by atoms with van der Waals surface area (Å²) < 4.78 is 10.8. The van der Waals surface area contributed by atoms with Crippen LogP contribution < -0.4 is 5.32 Å². The lowest BCUT2D eigenvalue weighted by Gasteiger charge is -2.07. The molecule has 0 fully saturated rings. The highest BCUT2D eigenvalue weighted by Crippen LogP contribution is 2.13. The summed E-state index contributed by atoms with van der Waals surface area (Å²) in [5.74, 6) is 0.701. The largest absolute Gasteiger partial charge is 0.384 e. The summed E-state index contributed by atoms with van der Waals surface area (Å²) >= 11 is 0. The molecule has 0 spiro atoms. The Labute approximate surface area is 88.2 Å². The summed E-state index contributed by atoms with van der Waals surface area (Å²) in [7, 11) is -0.711. The van der Waals surface area contributed by atoms with Gasteiger partial charge in [-0.05, 0) is 37.1 Å². The first-order valence-corrected chi connectivity index (χ1v) is 6.43. The predicted octanol–water partition coefficient (Wildman–Crippen LogP) is 2.09. The lowest BCUT2D eigenvalue weighted by atomic mass is 10.1. The Morgan fingerprint density at radius 3 is 2.57 bits per heavy atom. The van der Waals surface area contributed by atoms with Gasteiger partial charge in [0.05, 0.1) is 0 Å². The maximum Gasteiger partial charge on any atom is 0.0405 e. The summed E-state index contributed by atoms with van der Waals surface area (Å²) in [5, 5.41) is 3.25. The van der Waals surface area contributed by atoms with E-state index in [1.165, 1.54) is 11.1 Å². The van der Waals surface area contributed by atoms with Crippen LogP contribution in [0.4, 0.5) is 5.69 Å². The van der Waals surface area contributed by atoms with Gasteiger partial charge in [-0.1, -0.05) is 6.07 Å². The van der Waals surface area contributed by atoms with E-state index in [2.05, 4.69) is 37.4 Å². The topological polar surface area (TPSA) is 29.1 Å². The van der Waals surface area contributed by atoms with Crippen molar-refractivity contribution in [1.29, 1.82) is 0 Å². The summed E-state index contributed by atoms with van der Waals surface area (Å²) in [6, 6.07) is 6.27. The van der Waals surface area contributed by atoms with Crippen molar-refractivity contribution in [3.8, 4) is 0 Å². The molecule has 1 rings (SSSR count). The smallest absolute Gasteiger partial charge is 0.0405 e. The minimum Gasteiger partial charge on any atom is -0.384 e. The SMILES string of the molecule is Cc1ccc(NCCS(C)=O)cc1C. The summed E-state index contributed by atoms with van der Waals surface area (Å²) in [4.78, 5) is 0. The van der Waals surface area contributed by atoms with Gasteiger partial charge in [0.2, 0.25) is 0 Å². The number of hydrogen-bond acceptors (Lipinski definition) is 2. The molecular weight excluding hydrogens is 194 g/mol. The molecule has 1 aromatic carbocycles. The van der Waals surface area contributed by atoms with Crippen molar-refractivity contribution in [2.75, 3.05) is 23.9 Å². The molecule has 0 amide bonds. The normalized spacial score (nSPS) is 12.5. The van der Waals surface area contributed by atoms with E-state index in [0.717, 1.165) is 12.2 Å². The second-order valence-corrected chi connectivity index (χ2v) is 5.06. The fraction of sp³-hybridized carbons (Fsp3) is 0.455. The van der Waals surface area contributed by atoms with Gasteiger partial charge in [0, 0.05) is 35.0 Å². The first-order valence-electron chi connectivity index (χ1n) is 4.71. The minimum absolute atomic E-state index is 0.701. The fourth-order valence-corrected chi connectivity index (χ4v) is 1.58. The Kier molecular flexibility index (Phi) is 4.14. The van der Waals surface area contributed by atoms with Gasteiger partial charge in [0.1, 0.15) is 0 Å². The standard InChI is InChI=1S/C11H17NOS/c1-9-4-5-11(8-10(9)2)12-6-7-14(3)13/h4-5,8,12H,6-7H2,1-3H3. The van der Waals surface area contributed by atoms with E-state index >= 15 is 0 Å². The molecule has 1 atom stereocenters. The quantitative estimate of drug-likeness (QED) is 0.826. The molecule has 78 valence electrons. The molecule has 14 heavy (non-hydrogen) atoms. The van der Waals surface area contributed by atoms with Gasteiger partial charge in [-0.2, -0.15) is 0 Å². The number of nitrogens with one attached hydrogen (secondary N) is 1. The Bertz CT molecular complexity index is 336. The van der Waals surface area contributed by atoms with Gasteiger partial charge < -0.3 is 5.32 Å². The number of rotatable bonds is 4. The van der Waals surface area contributed by atoms with E-state index in [-0.39, 0.29) is 0 Å². The van der Waals surface area contributed by atoms with Gasteiger partial charge in [0.25, 0.3) is 0 Å². The average Bonchev–Trinajstić information content (AvgIpc) is 2.10. The zero-order valence-electron chi connectivity index (χ0n) is 8.96. The highest BCUT2D eigenvalue weighted by atomic mass is 32.2. The van der Waals surface area contributed by atoms with E-state index in [4.69, 9.17) is 0 Å². The van der Waals surface area contributed by atoms with Crippen LogP contribution >= 0.6 is 0 Å². The molecule has 2 nitrogen and oxygen atoms in total. The van der Waals surface area contributed by atoms with Crippen LogP contribution in [0.2, 0.25) is 0 Å². The van der Waals surface area contributed by atoms with Crippen LogP contribution in [0.25, 0.3) is 0 Å². The van der Waals surface area contributed by atoms with Crippen molar-refractivity contribution < 1.29 is 4.21 Å². The number of hydrogen-bond donors (Lipinski definition) is 1. The fourth-order valence-electron chi connectivity index (χ4n) is 1.19. The van der Waals surface area contributed by atoms with E-state index in [1.54, 1.807) is 6.26 Å². The Balaban J connectivity index is 2.51. The molecule has 1 N–H and O–H groups in total. The van der Waals surface area contributed by atoms with Crippen molar-refractivity contribution in [2.45, 2.75) is 13.8 Å². The zero-order valence-corrected chi connectivity index (χ0v) is 9.78. The molecule has 0 aliphatic rings. The highest BCUT2D eigenvalue weighted by Gasteiger charge is 1.96. The van der Waals surface area contributed by atoms with Crippen molar-refractivity contribution in [3.63, 3.8) is 0 Å². The lowest BCUT2D eigenvalue weighted by molar-refractivity contribution is 0.687. The monoisotopic (exact) mass is 211 g/mol. The number of anilines is 1. The second kappa shape index (κ2) is 5.15. The third-order valence-electron chi connectivity index (χ3n) is 2.23. The van der Waals surface area contributed by atoms with Gasteiger partial charge >= 0.3 is 0 Å². The Morgan fingerprint density at radius 1 is 1.29 bits per heavy atom. The average molecular weight is 211 g/mol. The van der Waals surface area contributed by atoms with Gasteiger partial charge in [-0.3, -0.25) is 4.21 Å². The van der Waals surface area contributed by atoms with Crippen molar-refractivity contribution in [1.82, 2.24) is 0 Å². The molecule has 0 aliphatic heterocycles. The van der Waals surface area contributed by atoms with Gasteiger partial charge in [-0.15, -0.1) is 0 Å². The number of aryl methyl sites for hydroxylation is 2. The minimum atomic E-state index is -0.711. The molecule has 0 saturated heterocycles. The van der Waals surface area contributed by atoms with Crippen molar-refractivity contribution in [2.24, 2.45) is 0 Å². The van der Waals surface area contributed by atoms with Gasteiger partial charge in [0.15, 0.2) is 0 Å². The second-order valence-electron chi connectivity index (χ2n) is 3.50. The zero-order chi connectivity index (χ0) is 10.6. The Hall–Kier alpha value is -0.830. The van der Waals surface area contributed by atoms with Crippen LogP contribution in [0, 0.1) is 13.8 Å². The van der Waals surface area contributed by atoms with Crippen LogP contribution in [0.3, 0.4) is 0 Å². The molecule has 0 aliphatic carbocycles. The van der Waals surface area contributed by atoms with Crippen LogP contribution in [-0.2, 0) is 10.8 Å².